The van der Waals surface area contributed by atoms with Gasteiger partial charge in [-0.3, -0.25) is 0 Å². The van der Waals surface area contributed by atoms with Crippen LogP contribution in [0.25, 0.3) is 10.8 Å². The third-order valence-corrected chi connectivity index (χ3v) is 3.94. The summed E-state index contributed by atoms with van der Waals surface area (Å²) in [6, 6.07) is 10.5. The van der Waals surface area contributed by atoms with Crippen LogP contribution in [0.15, 0.2) is 36.4 Å². The Labute approximate surface area is 102 Å². The molecule has 0 aliphatic heterocycles. The molecule has 0 fully saturated rings. The molecular weight excluding hydrogens is 292 g/mol. The molecule has 0 atom stereocenters. The predicted molar refractivity (Wildman–Crippen MR) is 67.6 cm³/mol. The van der Waals surface area contributed by atoms with E-state index in [0.29, 0.717) is 10.9 Å². The predicted octanol–water partition coefficient (Wildman–Crippen LogP) is 2.30. The summed E-state index contributed by atoms with van der Waals surface area (Å²) in [5.74, 6) is -0.0604. The molecule has 0 unspecified atom stereocenters. The number of aromatic hydroxyl groups is 1. The number of fused-ring (bicyclic) bond motifs is 1. The second kappa shape index (κ2) is 4.27. The summed E-state index contributed by atoms with van der Waals surface area (Å²) >= 11 is 2.97. The first-order valence-corrected chi connectivity index (χ1v) is 6.31. The number of phenols is 1. The van der Waals surface area contributed by atoms with Crippen molar-refractivity contribution in [2.45, 2.75) is 0 Å². The summed E-state index contributed by atoms with van der Waals surface area (Å²) in [7, 11) is -2.40. The van der Waals surface area contributed by atoms with Crippen LogP contribution in [0.3, 0.4) is 0 Å². The van der Waals surface area contributed by atoms with Gasteiger partial charge in [-0.05, 0) is 32.8 Å². The fraction of sp³-hybridized carbons (Fsp3) is 0. The van der Waals surface area contributed by atoms with Crippen LogP contribution in [0.4, 0.5) is 0 Å². The standard InChI is InChI=1S/C11H7BrO3S/c12-11(16(14)15)10-8-4-2-1-3-7(8)5-6-9(10)13/h1-6,13H. The molecular formula is C11H7BrO3S. The summed E-state index contributed by atoms with van der Waals surface area (Å²) in [5.41, 5.74) is 0.298. The molecule has 82 valence electrons. The summed E-state index contributed by atoms with van der Waals surface area (Å²) in [4.78, 5) is 0. The maximum absolute atomic E-state index is 10.9. The van der Waals surface area contributed by atoms with E-state index in [1.165, 1.54) is 6.07 Å². The van der Waals surface area contributed by atoms with Crippen molar-refractivity contribution >= 4 is 40.8 Å². The molecule has 2 aromatic carbocycles. The minimum absolute atomic E-state index is 0.0400. The maximum Gasteiger partial charge on any atom is 0.229 e. The van der Waals surface area contributed by atoms with Gasteiger partial charge in [-0.15, -0.1) is 0 Å². The largest absolute Gasteiger partial charge is 0.507 e. The smallest absolute Gasteiger partial charge is 0.229 e. The van der Waals surface area contributed by atoms with E-state index >= 15 is 0 Å². The average Bonchev–Trinajstić information content (AvgIpc) is 2.28. The van der Waals surface area contributed by atoms with Crippen LogP contribution in [0.1, 0.15) is 5.56 Å². The highest BCUT2D eigenvalue weighted by Gasteiger charge is 2.11. The summed E-state index contributed by atoms with van der Waals surface area (Å²) in [5, 5.41) is 11.3. The van der Waals surface area contributed by atoms with Gasteiger partial charge in [-0.1, -0.05) is 30.3 Å². The van der Waals surface area contributed by atoms with Crippen LogP contribution >= 0.6 is 15.9 Å². The molecule has 0 heterocycles. The number of halogens is 1. The monoisotopic (exact) mass is 298 g/mol. The highest BCUT2D eigenvalue weighted by atomic mass is 79.9. The highest BCUT2D eigenvalue weighted by molar-refractivity contribution is 9.20. The first kappa shape index (κ1) is 11.2. The molecule has 3 nitrogen and oxygen atoms in total. The molecule has 16 heavy (non-hydrogen) atoms. The van der Waals surface area contributed by atoms with Gasteiger partial charge in [0.1, 0.15) is 9.52 Å². The minimum Gasteiger partial charge on any atom is -0.507 e. The van der Waals surface area contributed by atoms with Gasteiger partial charge in [0.05, 0.1) is 5.56 Å². The molecule has 0 aromatic heterocycles. The molecule has 0 aliphatic rings. The normalized spacial score (nSPS) is 10.3. The maximum atomic E-state index is 10.9. The van der Waals surface area contributed by atoms with Crippen LogP contribution in [0.2, 0.25) is 0 Å². The zero-order valence-corrected chi connectivity index (χ0v) is 10.4. The Kier molecular flexibility index (Phi) is 2.98. The van der Waals surface area contributed by atoms with Crippen molar-refractivity contribution in [2.24, 2.45) is 0 Å². The van der Waals surface area contributed by atoms with E-state index < -0.39 is 10.3 Å². The molecule has 0 saturated heterocycles. The van der Waals surface area contributed by atoms with E-state index in [-0.39, 0.29) is 9.52 Å². The van der Waals surface area contributed by atoms with E-state index in [9.17, 15) is 13.5 Å². The van der Waals surface area contributed by atoms with Crippen molar-refractivity contribution in [1.29, 1.82) is 0 Å². The van der Waals surface area contributed by atoms with Gasteiger partial charge in [0.15, 0.2) is 0 Å². The van der Waals surface area contributed by atoms with Gasteiger partial charge in [0, 0.05) is 0 Å². The molecule has 1 N–H and O–H groups in total. The first-order chi connectivity index (χ1) is 7.61. The van der Waals surface area contributed by atoms with Crippen molar-refractivity contribution in [1.82, 2.24) is 0 Å². The molecule has 0 saturated carbocycles. The lowest BCUT2D eigenvalue weighted by Crippen LogP contribution is -1.94. The highest BCUT2D eigenvalue weighted by Crippen LogP contribution is 2.28. The molecule has 0 bridgehead atoms. The van der Waals surface area contributed by atoms with E-state index in [1.54, 1.807) is 18.2 Å². The molecule has 5 heteroatoms. The van der Waals surface area contributed by atoms with Crippen molar-refractivity contribution in [3.05, 3.63) is 42.0 Å². The summed E-state index contributed by atoms with van der Waals surface area (Å²) in [6.45, 7) is 0. The lowest BCUT2D eigenvalue weighted by atomic mass is 10.1. The minimum atomic E-state index is -2.40. The van der Waals surface area contributed by atoms with Crippen molar-refractivity contribution in [3.63, 3.8) is 0 Å². The SMILES string of the molecule is O=S(=O)=C(Br)c1c(O)ccc2ccccc12. The second-order valence-corrected chi connectivity index (χ2v) is 5.38. The summed E-state index contributed by atoms with van der Waals surface area (Å²) in [6.07, 6.45) is 0. The van der Waals surface area contributed by atoms with E-state index in [1.807, 2.05) is 12.1 Å². The Bertz CT molecular complexity index is 681. The Morgan fingerprint density at radius 2 is 1.81 bits per heavy atom. The fourth-order valence-corrected chi connectivity index (χ4v) is 2.35. The van der Waals surface area contributed by atoms with Gasteiger partial charge in [-0.25, -0.2) is 0 Å². The molecule has 2 rings (SSSR count). The topological polar surface area (TPSA) is 54.4 Å². The van der Waals surface area contributed by atoms with Gasteiger partial charge in [0.2, 0.25) is 10.3 Å². The Hall–Kier alpha value is -1.33. The molecule has 0 aliphatic carbocycles. The quantitative estimate of drug-likeness (QED) is 0.649. The van der Waals surface area contributed by atoms with E-state index in [4.69, 9.17) is 0 Å². The molecule has 0 amide bonds. The fourth-order valence-electron chi connectivity index (χ4n) is 1.55. The van der Waals surface area contributed by atoms with E-state index in [2.05, 4.69) is 15.9 Å². The first-order valence-electron chi connectivity index (χ1n) is 4.44. The zero-order valence-electron chi connectivity index (χ0n) is 8.01. The number of rotatable bonds is 1. The van der Waals surface area contributed by atoms with Crippen molar-refractivity contribution in [2.75, 3.05) is 0 Å². The number of benzene rings is 2. The number of hydrogen-bond donors (Lipinski definition) is 1. The van der Waals surface area contributed by atoms with Crippen LogP contribution in [0.5, 0.6) is 5.75 Å². The third-order valence-electron chi connectivity index (χ3n) is 2.25. The van der Waals surface area contributed by atoms with Gasteiger partial charge in [0.25, 0.3) is 0 Å². The Morgan fingerprint density at radius 3 is 2.50 bits per heavy atom. The number of phenolic OH excluding ortho intramolecular Hbond substituents is 1. The average molecular weight is 299 g/mol. The number of hydrogen-bond acceptors (Lipinski definition) is 3. The Balaban J connectivity index is 2.98. The second-order valence-electron chi connectivity index (χ2n) is 3.19. The van der Waals surface area contributed by atoms with Crippen molar-refractivity contribution < 1.29 is 13.5 Å². The van der Waals surface area contributed by atoms with Crippen LogP contribution in [-0.2, 0) is 10.3 Å². The molecule has 0 spiro atoms. The van der Waals surface area contributed by atoms with Gasteiger partial charge >= 0.3 is 0 Å². The van der Waals surface area contributed by atoms with Crippen LogP contribution in [0, 0.1) is 0 Å². The lowest BCUT2D eigenvalue weighted by Gasteiger charge is -2.05. The third kappa shape index (κ3) is 1.83. The van der Waals surface area contributed by atoms with Crippen LogP contribution < -0.4 is 0 Å². The lowest BCUT2D eigenvalue weighted by molar-refractivity contribution is 0.475. The summed E-state index contributed by atoms with van der Waals surface area (Å²) < 4.78 is 21.8. The molecule has 2 aromatic rings. The van der Waals surface area contributed by atoms with Gasteiger partial charge in [-0.2, -0.15) is 8.42 Å². The van der Waals surface area contributed by atoms with E-state index in [0.717, 1.165) is 5.39 Å². The van der Waals surface area contributed by atoms with Crippen molar-refractivity contribution in [3.8, 4) is 5.75 Å². The van der Waals surface area contributed by atoms with Crippen LogP contribution in [-0.4, -0.2) is 17.3 Å². The Morgan fingerprint density at radius 1 is 1.12 bits per heavy atom. The molecule has 0 radical (unpaired) electrons. The van der Waals surface area contributed by atoms with Gasteiger partial charge < -0.3 is 5.11 Å². The zero-order chi connectivity index (χ0) is 11.7.